The van der Waals surface area contributed by atoms with Crippen molar-refractivity contribution in [1.29, 1.82) is 0 Å². The van der Waals surface area contributed by atoms with Crippen LogP contribution in [0.2, 0.25) is 0 Å². The first kappa shape index (κ1) is 13.4. The molecule has 0 aromatic heterocycles. The van der Waals surface area contributed by atoms with Crippen molar-refractivity contribution in [2.75, 3.05) is 13.2 Å². The molecule has 0 aliphatic carbocycles. The Bertz CT molecular complexity index is 270. The summed E-state index contributed by atoms with van der Waals surface area (Å²) in [4.78, 5) is 11.4. The zero-order valence-corrected chi connectivity index (χ0v) is 9.87. The van der Waals surface area contributed by atoms with Crippen LogP contribution in [0.4, 0.5) is 0 Å². The third kappa shape index (κ3) is 4.45. The molecule has 0 bridgehead atoms. The maximum absolute atomic E-state index is 11.4. The molecule has 0 fully saturated rings. The standard InChI is InChI=1S/C13H22O3/c14-9-5-1-3-7-11-12(13(11)16)8-4-2-6-10-15/h14-15H,1-10H2. The fraction of sp³-hybridized carbons (Fsp3) is 0.769. The number of unbranched alkanes of at least 4 members (excludes halogenated alkanes) is 4. The average molecular weight is 226 g/mol. The van der Waals surface area contributed by atoms with Gasteiger partial charge in [0.1, 0.15) is 0 Å². The van der Waals surface area contributed by atoms with Crippen molar-refractivity contribution < 1.29 is 10.2 Å². The van der Waals surface area contributed by atoms with Crippen LogP contribution < -0.4 is 5.43 Å². The highest BCUT2D eigenvalue weighted by Gasteiger charge is 2.19. The second-order valence-electron chi connectivity index (χ2n) is 4.35. The number of aliphatic hydroxyl groups excluding tert-OH is 2. The molecule has 0 spiro atoms. The maximum Gasteiger partial charge on any atom is 0.185 e. The summed E-state index contributed by atoms with van der Waals surface area (Å²) in [5, 5.41) is 17.2. The minimum absolute atomic E-state index is 0.251. The van der Waals surface area contributed by atoms with Gasteiger partial charge in [0.2, 0.25) is 0 Å². The van der Waals surface area contributed by atoms with E-state index in [0.717, 1.165) is 62.5 Å². The Balaban J connectivity index is 2.08. The molecule has 0 heterocycles. The lowest BCUT2D eigenvalue weighted by Crippen LogP contribution is -1.86. The first-order valence-corrected chi connectivity index (χ1v) is 6.29. The van der Waals surface area contributed by atoms with Gasteiger partial charge in [0.05, 0.1) is 0 Å². The molecule has 2 N–H and O–H groups in total. The molecule has 0 atom stereocenters. The van der Waals surface area contributed by atoms with Crippen LogP contribution in [0, 0.1) is 0 Å². The van der Waals surface area contributed by atoms with Gasteiger partial charge in [-0.3, -0.25) is 4.79 Å². The predicted molar refractivity (Wildman–Crippen MR) is 64.4 cm³/mol. The van der Waals surface area contributed by atoms with Crippen molar-refractivity contribution in [3.8, 4) is 0 Å². The van der Waals surface area contributed by atoms with Crippen LogP contribution in [0.1, 0.15) is 49.7 Å². The number of rotatable bonds is 10. The van der Waals surface area contributed by atoms with Crippen molar-refractivity contribution in [3.63, 3.8) is 0 Å². The number of aliphatic hydroxyl groups is 2. The molecule has 3 heteroatoms. The van der Waals surface area contributed by atoms with Crippen molar-refractivity contribution in [1.82, 2.24) is 0 Å². The van der Waals surface area contributed by atoms with E-state index in [1.54, 1.807) is 0 Å². The van der Waals surface area contributed by atoms with Gasteiger partial charge in [0.25, 0.3) is 0 Å². The lowest BCUT2D eigenvalue weighted by molar-refractivity contribution is 0.282. The summed E-state index contributed by atoms with van der Waals surface area (Å²) in [6.45, 7) is 0.502. The molecule has 0 saturated carbocycles. The topological polar surface area (TPSA) is 57.5 Å². The lowest BCUT2D eigenvalue weighted by atomic mass is 10.1. The van der Waals surface area contributed by atoms with E-state index in [4.69, 9.17) is 10.2 Å². The Labute approximate surface area is 96.8 Å². The van der Waals surface area contributed by atoms with Crippen LogP contribution in [0.5, 0.6) is 0 Å². The van der Waals surface area contributed by atoms with Crippen LogP contribution in [-0.2, 0) is 12.8 Å². The highest BCUT2D eigenvalue weighted by Crippen LogP contribution is 2.16. The summed E-state index contributed by atoms with van der Waals surface area (Å²) in [5.41, 5.74) is 2.37. The molecule has 1 aromatic rings. The van der Waals surface area contributed by atoms with E-state index >= 15 is 0 Å². The van der Waals surface area contributed by atoms with E-state index in [1.807, 2.05) is 0 Å². The molecule has 0 saturated heterocycles. The maximum atomic E-state index is 11.4. The van der Waals surface area contributed by atoms with Gasteiger partial charge in [-0.25, -0.2) is 0 Å². The molecule has 0 amide bonds. The summed E-state index contributed by atoms with van der Waals surface area (Å²) < 4.78 is 0. The van der Waals surface area contributed by atoms with Crippen molar-refractivity contribution in [2.45, 2.75) is 51.4 Å². The SMILES string of the molecule is O=c1c(CCCCCO)c1CCCCCO. The van der Waals surface area contributed by atoms with Crippen molar-refractivity contribution in [2.24, 2.45) is 0 Å². The summed E-state index contributed by atoms with van der Waals surface area (Å²) in [6.07, 6.45) is 7.52. The van der Waals surface area contributed by atoms with Crippen LogP contribution in [0.25, 0.3) is 0 Å². The van der Waals surface area contributed by atoms with Gasteiger partial charge < -0.3 is 10.2 Å². The highest BCUT2D eigenvalue weighted by molar-refractivity contribution is 5.39. The fourth-order valence-electron chi connectivity index (χ4n) is 1.96. The minimum Gasteiger partial charge on any atom is -0.396 e. The normalized spacial score (nSPS) is 11.4. The second-order valence-corrected chi connectivity index (χ2v) is 4.35. The molecular weight excluding hydrogens is 204 g/mol. The molecule has 92 valence electrons. The lowest BCUT2D eigenvalue weighted by Gasteiger charge is -1.95. The van der Waals surface area contributed by atoms with Gasteiger partial charge in [0, 0.05) is 24.3 Å². The average Bonchev–Trinajstić information content (AvgIpc) is 2.90. The van der Waals surface area contributed by atoms with Gasteiger partial charge >= 0.3 is 0 Å². The molecule has 0 radical (unpaired) electrons. The van der Waals surface area contributed by atoms with Crippen LogP contribution in [0.3, 0.4) is 0 Å². The Hall–Kier alpha value is -0.670. The summed E-state index contributed by atoms with van der Waals surface area (Å²) in [6, 6.07) is 0. The van der Waals surface area contributed by atoms with E-state index < -0.39 is 0 Å². The van der Waals surface area contributed by atoms with E-state index in [-0.39, 0.29) is 18.6 Å². The van der Waals surface area contributed by atoms with Gasteiger partial charge in [-0.05, 0) is 38.5 Å². The number of hydrogen-bond donors (Lipinski definition) is 2. The van der Waals surface area contributed by atoms with E-state index in [2.05, 4.69) is 0 Å². The van der Waals surface area contributed by atoms with E-state index in [9.17, 15) is 4.79 Å². The molecule has 3 nitrogen and oxygen atoms in total. The Morgan fingerprint density at radius 3 is 1.50 bits per heavy atom. The number of hydrogen-bond acceptors (Lipinski definition) is 3. The zero-order valence-electron chi connectivity index (χ0n) is 9.87. The summed E-state index contributed by atoms with van der Waals surface area (Å²) in [7, 11) is 0. The minimum atomic E-state index is 0.251. The van der Waals surface area contributed by atoms with Crippen LogP contribution >= 0.6 is 0 Å². The predicted octanol–water partition coefficient (Wildman–Crippen LogP) is 1.33. The summed E-state index contributed by atoms with van der Waals surface area (Å²) in [5.74, 6) is 0. The Morgan fingerprint density at radius 2 is 1.12 bits per heavy atom. The molecular formula is C13H22O3. The van der Waals surface area contributed by atoms with Crippen LogP contribution in [0.15, 0.2) is 4.79 Å². The highest BCUT2D eigenvalue weighted by atomic mass is 16.3. The fourth-order valence-corrected chi connectivity index (χ4v) is 1.96. The first-order valence-electron chi connectivity index (χ1n) is 6.29. The van der Waals surface area contributed by atoms with Crippen molar-refractivity contribution >= 4 is 0 Å². The smallest absolute Gasteiger partial charge is 0.185 e. The third-order valence-corrected chi connectivity index (χ3v) is 3.02. The molecule has 1 rings (SSSR count). The Kier molecular flexibility index (Phi) is 6.34. The third-order valence-electron chi connectivity index (χ3n) is 3.02. The van der Waals surface area contributed by atoms with Gasteiger partial charge in [-0.15, -0.1) is 0 Å². The molecule has 16 heavy (non-hydrogen) atoms. The van der Waals surface area contributed by atoms with Gasteiger partial charge in [-0.2, -0.15) is 0 Å². The van der Waals surface area contributed by atoms with Gasteiger partial charge in [0.15, 0.2) is 5.43 Å². The Morgan fingerprint density at radius 1 is 0.688 bits per heavy atom. The van der Waals surface area contributed by atoms with E-state index in [0.29, 0.717) is 0 Å². The van der Waals surface area contributed by atoms with E-state index in [1.165, 1.54) is 0 Å². The summed E-state index contributed by atoms with van der Waals surface area (Å²) >= 11 is 0. The molecule has 1 aromatic carbocycles. The second kappa shape index (κ2) is 7.58. The zero-order chi connectivity index (χ0) is 11.8. The quantitative estimate of drug-likeness (QED) is 0.592. The van der Waals surface area contributed by atoms with Crippen LogP contribution in [-0.4, -0.2) is 23.4 Å². The molecule has 0 aliphatic heterocycles. The monoisotopic (exact) mass is 226 g/mol. The molecule has 0 aliphatic rings. The molecule has 0 unspecified atom stereocenters. The first-order chi connectivity index (χ1) is 7.81. The van der Waals surface area contributed by atoms with Crippen molar-refractivity contribution in [3.05, 3.63) is 21.4 Å². The largest absolute Gasteiger partial charge is 0.396 e. The van der Waals surface area contributed by atoms with Gasteiger partial charge in [-0.1, -0.05) is 12.8 Å².